The van der Waals surface area contributed by atoms with E-state index in [1.54, 1.807) is 29.5 Å². The molecule has 2 rings (SSSR count). The summed E-state index contributed by atoms with van der Waals surface area (Å²) in [6.45, 7) is 3.37. The van der Waals surface area contributed by atoms with Crippen molar-refractivity contribution >= 4 is 46.1 Å². The summed E-state index contributed by atoms with van der Waals surface area (Å²) in [6, 6.07) is 1.25. The molecule has 1 aromatic rings. The number of carbonyl (C=O) groups is 2. The van der Waals surface area contributed by atoms with E-state index in [4.69, 9.17) is 16.3 Å². The minimum absolute atomic E-state index is 0.0756. The van der Waals surface area contributed by atoms with Crippen LogP contribution in [0.1, 0.15) is 19.4 Å². The van der Waals surface area contributed by atoms with E-state index in [2.05, 4.69) is 0 Å². The zero-order valence-electron chi connectivity index (χ0n) is 13.3. The first-order chi connectivity index (χ1) is 11.7. The van der Waals surface area contributed by atoms with Crippen LogP contribution in [-0.4, -0.2) is 28.8 Å². The first-order valence-electron chi connectivity index (χ1n) is 7.32. The lowest BCUT2D eigenvalue weighted by Crippen LogP contribution is -2.42. The van der Waals surface area contributed by atoms with E-state index in [1.165, 1.54) is 31.2 Å². The number of allylic oxidation sites excluding steroid dienone is 2. The predicted molar refractivity (Wildman–Crippen MR) is 98.6 cm³/mol. The molecule has 134 valence electrons. The van der Waals surface area contributed by atoms with E-state index in [9.17, 15) is 24.2 Å². The van der Waals surface area contributed by atoms with Crippen LogP contribution in [0.15, 0.2) is 29.9 Å². The van der Waals surface area contributed by atoms with Crippen molar-refractivity contribution in [2.24, 2.45) is 5.92 Å². The standard InChI is InChI=1S/C17H15ClFIO5/c1-3-25-14-10(7-11(18)12(19)13(14)20)17(2)8(15(21)22)5-4-6-9(17)16(23)24/h4-8H,3H2,1-2H3,(H,21,22)(H,23,24). The zero-order chi connectivity index (χ0) is 18.9. The molecule has 0 saturated carbocycles. The van der Waals surface area contributed by atoms with Crippen LogP contribution in [0.4, 0.5) is 4.39 Å². The highest BCUT2D eigenvalue weighted by Crippen LogP contribution is 2.49. The molecule has 0 saturated heterocycles. The molecule has 0 aromatic heterocycles. The van der Waals surface area contributed by atoms with Crippen molar-refractivity contribution in [2.75, 3.05) is 6.61 Å². The van der Waals surface area contributed by atoms with Crippen molar-refractivity contribution < 1.29 is 28.9 Å². The van der Waals surface area contributed by atoms with E-state index >= 15 is 0 Å². The lowest BCUT2D eigenvalue weighted by molar-refractivity contribution is -0.142. The summed E-state index contributed by atoms with van der Waals surface area (Å²) in [7, 11) is 0. The van der Waals surface area contributed by atoms with E-state index in [-0.39, 0.29) is 32.1 Å². The summed E-state index contributed by atoms with van der Waals surface area (Å²) < 4.78 is 19.8. The Bertz CT molecular complexity index is 805. The van der Waals surface area contributed by atoms with Gasteiger partial charge in [0.15, 0.2) is 5.82 Å². The van der Waals surface area contributed by atoms with Gasteiger partial charge in [-0.15, -0.1) is 0 Å². The van der Waals surface area contributed by atoms with E-state index < -0.39 is 29.1 Å². The quantitative estimate of drug-likeness (QED) is 0.491. The van der Waals surface area contributed by atoms with Crippen molar-refractivity contribution in [3.63, 3.8) is 0 Å². The summed E-state index contributed by atoms with van der Waals surface area (Å²) in [6.07, 6.45) is 4.12. The Kier molecular flexibility index (Phi) is 5.78. The molecule has 8 heteroatoms. The fraction of sp³-hybridized carbons (Fsp3) is 0.294. The second kappa shape index (κ2) is 7.33. The van der Waals surface area contributed by atoms with Crippen molar-refractivity contribution in [2.45, 2.75) is 19.3 Å². The average Bonchev–Trinajstić information content (AvgIpc) is 2.54. The number of carboxylic acids is 2. The Morgan fingerprint density at radius 1 is 1.44 bits per heavy atom. The molecule has 0 fully saturated rings. The maximum absolute atomic E-state index is 14.2. The first kappa shape index (κ1) is 19.7. The van der Waals surface area contributed by atoms with Crippen LogP contribution in [0, 0.1) is 15.3 Å². The maximum Gasteiger partial charge on any atom is 0.332 e. The lowest BCUT2D eigenvalue weighted by atomic mass is 9.64. The van der Waals surface area contributed by atoms with Gasteiger partial charge in [0.1, 0.15) is 5.75 Å². The fourth-order valence-corrected chi connectivity index (χ4v) is 4.08. The Labute approximate surface area is 162 Å². The molecule has 5 nitrogen and oxygen atoms in total. The van der Waals surface area contributed by atoms with Gasteiger partial charge >= 0.3 is 11.9 Å². The molecule has 0 spiro atoms. The van der Waals surface area contributed by atoms with Gasteiger partial charge in [-0.3, -0.25) is 4.79 Å². The van der Waals surface area contributed by atoms with Gasteiger partial charge in [0.2, 0.25) is 0 Å². The summed E-state index contributed by atoms with van der Waals surface area (Å²) in [4.78, 5) is 23.6. The molecule has 0 radical (unpaired) electrons. The number of carboxylic acid groups (broad SMARTS) is 2. The summed E-state index contributed by atoms with van der Waals surface area (Å²) in [5.74, 6) is -4.25. The zero-order valence-corrected chi connectivity index (χ0v) is 16.3. The monoisotopic (exact) mass is 480 g/mol. The van der Waals surface area contributed by atoms with E-state index in [1.807, 2.05) is 0 Å². The van der Waals surface area contributed by atoms with Gasteiger partial charge in [-0.2, -0.15) is 0 Å². The number of aliphatic carboxylic acids is 2. The van der Waals surface area contributed by atoms with Gasteiger partial charge in [0, 0.05) is 16.6 Å². The molecule has 0 bridgehead atoms. The number of benzene rings is 1. The van der Waals surface area contributed by atoms with Crippen molar-refractivity contribution in [3.8, 4) is 5.75 Å². The van der Waals surface area contributed by atoms with Gasteiger partial charge in [-0.05, 0) is 42.5 Å². The Balaban J connectivity index is 2.87. The Morgan fingerprint density at radius 2 is 2.08 bits per heavy atom. The number of rotatable bonds is 5. The number of hydrogen-bond acceptors (Lipinski definition) is 3. The molecule has 0 heterocycles. The normalized spacial score (nSPS) is 22.4. The summed E-state index contributed by atoms with van der Waals surface area (Å²) in [5.41, 5.74) is -1.41. The highest BCUT2D eigenvalue weighted by Gasteiger charge is 2.48. The maximum atomic E-state index is 14.2. The lowest BCUT2D eigenvalue weighted by Gasteiger charge is -2.38. The molecular weight excluding hydrogens is 466 g/mol. The smallest absolute Gasteiger partial charge is 0.332 e. The first-order valence-corrected chi connectivity index (χ1v) is 8.77. The van der Waals surface area contributed by atoms with Crippen LogP contribution < -0.4 is 4.74 Å². The molecule has 2 atom stereocenters. The molecule has 1 aliphatic carbocycles. The SMILES string of the molecule is CCOc1c(C2(C)C(C(=O)O)=CC=CC2C(=O)O)cc(Cl)c(F)c1I. The second-order valence-electron chi connectivity index (χ2n) is 5.58. The van der Waals surface area contributed by atoms with Gasteiger partial charge < -0.3 is 14.9 Å². The van der Waals surface area contributed by atoms with Crippen molar-refractivity contribution in [1.82, 2.24) is 0 Å². The van der Waals surface area contributed by atoms with Crippen LogP contribution in [0.5, 0.6) is 5.75 Å². The third kappa shape index (κ3) is 3.27. The Morgan fingerprint density at radius 3 is 2.60 bits per heavy atom. The fourth-order valence-electron chi connectivity index (χ4n) is 2.98. The third-order valence-corrected chi connectivity index (χ3v) is 5.45. The number of hydrogen-bond donors (Lipinski definition) is 2. The second-order valence-corrected chi connectivity index (χ2v) is 7.07. The number of ether oxygens (including phenoxy) is 1. The highest BCUT2D eigenvalue weighted by atomic mass is 127. The molecule has 2 unspecified atom stereocenters. The van der Waals surface area contributed by atoms with Crippen LogP contribution in [0.2, 0.25) is 5.02 Å². The van der Waals surface area contributed by atoms with Crippen molar-refractivity contribution in [3.05, 3.63) is 49.8 Å². The van der Waals surface area contributed by atoms with Gasteiger partial charge in [0.25, 0.3) is 0 Å². The highest BCUT2D eigenvalue weighted by molar-refractivity contribution is 14.1. The molecule has 1 aromatic carbocycles. The minimum Gasteiger partial charge on any atom is -0.492 e. The number of halogens is 3. The van der Waals surface area contributed by atoms with Crippen LogP contribution >= 0.6 is 34.2 Å². The van der Waals surface area contributed by atoms with Crippen molar-refractivity contribution in [1.29, 1.82) is 0 Å². The van der Waals surface area contributed by atoms with Gasteiger partial charge in [-0.1, -0.05) is 29.8 Å². The molecule has 1 aliphatic rings. The Hall–Kier alpha value is -1.61. The van der Waals surface area contributed by atoms with Crippen LogP contribution in [-0.2, 0) is 15.0 Å². The average molecular weight is 481 g/mol. The minimum atomic E-state index is -1.49. The molecule has 25 heavy (non-hydrogen) atoms. The van der Waals surface area contributed by atoms with Crippen LogP contribution in [0.3, 0.4) is 0 Å². The van der Waals surface area contributed by atoms with Gasteiger partial charge in [0.05, 0.1) is 21.1 Å². The topological polar surface area (TPSA) is 83.8 Å². The van der Waals surface area contributed by atoms with Gasteiger partial charge in [-0.25, -0.2) is 9.18 Å². The summed E-state index contributed by atoms with van der Waals surface area (Å²) >= 11 is 7.67. The molecular formula is C17H15ClFIO5. The molecule has 0 aliphatic heterocycles. The predicted octanol–water partition coefficient (Wildman–Crippen LogP) is 4.02. The van der Waals surface area contributed by atoms with Crippen LogP contribution in [0.25, 0.3) is 0 Å². The van der Waals surface area contributed by atoms with E-state index in [0.717, 1.165) is 0 Å². The molecule has 2 N–H and O–H groups in total. The van der Waals surface area contributed by atoms with E-state index in [0.29, 0.717) is 0 Å². The summed E-state index contributed by atoms with van der Waals surface area (Å²) in [5, 5.41) is 19.0. The third-order valence-electron chi connectivity index (χ3n) is 4.21. The molecule has 0 amide bonds. The largest absolute Gasteiger partial charge is 0.492 e.